The number of halogens is 1. The first kappa shape index (κ1) is 21.2. The Kier molecular flexibility index (Phi) is 5.51. The van der Waals surface area contributed by atoms with Crippen molar-refractivity contribution in [2.45, 2.75) is 51.5 Å². The fourth-order valence-corrected chi connectivity index (χ4v) is 5.49. The highest BCUT2D eigenvalue weighted by molar-refractivity contribution is 5.95. The van der Waals surface area contributed by atoms with Gasteiger partial charge in [0.15, 0.2) is 0 Å². The lowest BCUT2D eigenvalue weighted by atomic mass is 9.79. The molecular formula is C25H31FN4O2. The lowest BCUT2D eigenvalue weighted by Gasteiger charge is -2.34. The second-order valence-corrected chi connectivity index (χ2v) is 9.92. The maximum Gasteiger partial charge on any atom is 0.255 e. The zero-order chi connectivity index (χ0) is 22.3. The summed E-state index contributed by atoms with van der Waals surface area (Å²) in [5.74, 6) is 0.642. The summed E-state index contributed by atoms with van der Waals surface area (Å²) in [6.07, 6.45) is 9.30. The minimum Gasteiger partial charge on any atom is -0.348 e. The van der Waals surface area contributed by atoms with Gasteiger partial charge in [0.1, 0.15) is 5.82 Å². The van der Waals surface area contributed by atoms with E-state index < -0.39 is 0 Å². The van der Waals surface area contributed by atoms with Crippen molar-refractivity contribution in [3.63, 3.8) is 0 Å². The van der Waals surface area contributed by atoms with Gasteiger partial charge in [-0.05, 0) is 67.6 Å². The van der Waals surface area contributed by atoms with Gasteiger partial charge in [-0.2, -0.15) is 5.10 Å². The fraction of sp³-hybridized carbons (Fsp3) is 0.560. The minimum atomic E-state index is -0.290. The van der Waals surface area contributed by atoms with Crippen LogP contribution in [0.15, 0.2) is 30.5 Å². The van der Waals surface area contributed by atoms with Gasteiger partial charge in [0.2, 0.25) is 5.91 Å². The van der Waals surface area contributed by atoms with Gasteiger partial charge >= 0.3 is 0 Å². The van der Waals surface area contributed by atoms with Crippen LogP contribution in [-0.4, -0.2) is 39.6 Å². The van der Waals surface area contributed by atoms with Crippen molar-refractivity contribution in [1.29, 1.82) is 0 Å². The number of aryl methyl sites for hydroxylation is 1. The van der Waals surface area contributed by atoms with E-state index in [0.717, 1.165) is 50.0 Å². The van der Waals surface area contributed by atoms with Crippen molar-refractivity contribution in [2.75, 3.05) is 13.1 Å². The Bertz CT molecular complexity index is 1000. The number of nitrogens with one attached hydrogen (secondary N) is 1. The van der Waals surface area contributed by atoms with Gasteiger partial charge in [0, 0.05) is 38.8 Å². The molecule has 5 rings (SSSR count). The summed E-state index contributed by atoms with van der Waals surface area (Å²) < 4.78 is 14.8. The molecule has 170 valence electrons. The monoisotopic (exact) mass is 438 g/mol. The molecule has 6 nitrogen and oxygen atoms in total. The quantitative estimate of drug-likeness (QED) is 0.751. The molecule has 2 heterocycles. The predicted octanol–water partition coefficient (Wildman–Crippen LogP) is 3.46. The number of piperidine rings is 1. The SMILES string of the molecule is Cn1cc(C(=O)NCc2ccc(F)cc2)c(CC2CCN(C(=O)[C@H]3CC34CCC4)CC2)n1. The normalized spacial score (nSPS) is 21.9. The van der Waals surface area contributed by atoms with E-state index in [1.165, 1.54) is 31.4 Å². The molecule has 0 radical (unpaired) electrons. The average molecular weight is 439 g/mol. The van der Waals surface area contributed by atoms with Crippen molar-refractivity contribution in [1.82, 2.24) is 20.0 Å². The molecule has 2 aromatic rings. The van der Waals surface area contributed by atoms with Gasteiger partial charge in [0.25, 0.3) is 5.91 Å². The molecule has 2 aliphatic carbocycles. The Morgan fingerprint density at radius 2 is 1.91 bits per heavy atom. The molecule has 3 fully saturated rings. The van der Waals surface area contributed by atoms with Crippen molar-refractivity contribution >= 4 is 11.8 Å². The van der Waals surface area contributed by atoms with E-state index >= 15 is 0 Å². The van der Waals surface area contributed by atoms with Gasteiger partial charge in [-0.25, -0.2) is 4.39 Å². The number of aromatic nitrogens is 2. The summed E-state index contributed by atoms with van der Waals surface area (Å²) in [7, 11) is 1.83. The highest BCUT2D eigenvalue weighted by Crippen LogP contribution is 2.66. The molecule has 1 atom stereocenters. The van der Waals surface area contributed by atoms with Crippen molar-refractivity contribution in [3.05, 3.63) is 53.1 Å². The van der Waals surface area contributed by atoms with Crippen molar-refractivity contribution in [3.8, 4) is 0 Å². The highest BCUT2D eigenvalue weighted by atomic mass is 19.1. The first-order valence-electron chi connectivity index (χ1n) is 11.8. The molecule has 1 spiro atoms. The summed E-state index contributed by atoms with van der Waals surface area (Å²) in [4.78, 5) is 27.7. The zero-order valence-corrected chi connectivity index (χ0v) is 18.6. The lowest BCUT2D eigenvalue weighted by Crippen LogP contribution is -2.41. The summed E-state index contributed by atoms with van der Waals surface area (Å²) in [5.41, 5.74) is 2.64. The third kappa shape index (κ3) is 4.17. The smallest absolute Gasteiger partial charge is 0.255 e. The summed E-state index contributed by atoms with van der Waals surface area (Å²) in [6, 6.07) is 6.12. The Morgan fingerprint density at radius 1 is 1.19 bits per heavy atom. The van der Waals surface area contributed by atoms with Gasteiger partial charge in [-0.15, -0.1) is 0 Å². The van der Waals surface area contributed by atoms with Crippen LogP contribution >= 0.6 is 0 Å². The molecule has 0 bridgehead atoms. The van der Waals surface area contributed by atoms with Crippen LogP contribution in [0.3, 0.4) is 0 Å². The number of likely N-dealkylation sites (tertiary alicyclic amines) is 1. The van der Waals surface area contributed by atoms with Crippen LogP contribution in [0.4, 0.5) is 4.39 Å². The molecule has 7 heteroatoms. The number of hydrogen-bond acceptors (Lipinski definition) is 3. The molecule has 1 N–H and O–H groups in total. The van der Waals surface area contributed by atoms with E-state index in [1.807, 2.05) is 7.05 Å². The zero-order valence-electron chi connectivity index (χ0n) is 18.6. The summed E-state index contributed by atoms with van der Waals surface area (Å²) in [6.45, 7) is 1.97. The number of amides is 2. The molecular weight excluding hydrogens is 407 g/mol. The third-order valence-electron chi connectivity index (χ3n) is 7.76. The average Bonchev–Trinajstić information content (AvgIpc) is 3.44. The Morgan fingerprint density at radius 3 is 2.53 bits per heavy atom. The number of nitrogens with zero attached hydrogens (tertiary/aromatic N) is 3. The van der Waals surface area contributed by atoms with Crippen LogP contribution in [0, 0.1) is 23.1 Å². The second-order valence-electron chi connectivity index (χ2n) is 9.92. The number of benzene rings is 1. The number of carbonyl (C=O) groups is 2. The highest BCUT2D eigenvalue weighted by Gasteiger charge is 2.61. The number of rotatable bonds is 6. The molecule has 2 amide bonds. The topological polar surface area (TPSA) is 67.2 Å². The van der Waals surface area contributed by atoms with Crippen LogP contribution in [0.2, 0.25) is 0 Å². The van der Waals surface area contributed by atoms with E-state index in [4.69, 9.17) is 0 Å². The summed E-state index contributed by atoms with van der Waals surface area (Å²) >= 11 is 0. The molecule has 1 saturated heterocycles. The first-order valence-corrected chi connectivity index (χ1v) is 11.8. The van der Waals surface area contributed by atoms with Crippen LogP contribution in [0.1, 0.15) is 60.1 Å². The minimum absolute atomic E-state index is 0.162. The molecule has 1 aliphatic heterocycles. The molecule has 1 aromatic heterocycles. The molecule has 32 heavy (non-hydrogen) atoms. The maximum absolute atomic E-state index is 13.1. The Labute approximate surface area is 188 Å². The van der Waals surface area contributed by atoms with Crippen LogP contribution < -0.4 is 5.32 Å². The summed E-state index contributed by atoms with van der Waals surface area (Å²) in [5, 5.41) is 7.47. The molecule has 0 unspecified atom stereocenters. The number of hydrogen-bond donors (Lipinski definition) is 1. The van der Waals surface area contributed by atoms with E-state index in [-0.39, 0.29) is 11.7 Å². The first-order chi connectivity index (χ1) is 15.4. The Hall–Kier alpha value is -2.70. The molecule has 1 aromatic carbocycles. The van der Waals surface area contributed by atoms with Crippen molar-refractivity contribution in [2.24, 2.45) is 24.3 Å². The van der Waals surface area contributed by atoms with Gasteiger partial charge in [-0.3, -0.25) is 14.3 Å². The standard InChI is InChI=1S/C25H31FN4O2/c1-29-16-20(23(31)27-15-18-3-5-19(26)6-4-18)22(28-29)13-17-7-11-30(12-8-17)24(32)21-14-25(21)9-2-10-25/h3-6,16-17,21H,2,7-15H2,1H3,(H,27,31)/t21-/m1/s1. The van der Waals surface area contributed by atoms with Crippen LogP contribution in [-0.2, 0) is 24.8 Å². The lowest BCUT2D eigenvalue weighted by molar-refractivity contribution is -0.135. The van der Waals surface area contributed by atoms with E-state index in [0.29, 0.717) is 35.3 Å². The van der Waals surface area contributed by atoms with Crippen LogP contribution in [0.25, 0.3) is 0 Å². The van der Waals surface area contributed by atoms with Gasteiger partial charge in [0.05, 0.1) is 11.3 Å². The predicted molar refractivity (Wildman–Crippen MR) is 118 cm³/mol. The third-order valence-corrected chi connectivity index (χ3v) is 7.76. The fourth-order valence-electron chi connectivity index (χ4n) is 5.49. The maximum atomic E-state index is 13.1. The van der Waals surface area contributed by atoms with E-state index in [1.54, 1.807) is 23.0 Å². The molecule has 3 aliphatic rings. The Balaban J connectivity index is 1.14. The van der Waals surface area contributed by atoms with Gasteiger partial charge in [-0.1, -0.05) is 18.6 Å². The van der Waals surface area contributed by atoms with Crippen LogP contribution in [0.5, 0.6) is 0 Å². The van der Waals surface area contributed by atoms with E-state index in [2.05, 4.69) is 15.3 Å². The van der Waals surface area contributed by atoms with E-state index in [9.17, 15) is 14.0 Å². The van der Waals surface area contributed by atoms with Gasteiger partial charge < -0.3 is 10.2 Å². The van der Waals surface area contributed by atoms with Crippen molar-refractivity contribution < 1.29 is 14.0 Å². The molecule has 2 saturated carbocycles. The number of carbonyl (C=O) groups excluding carboxylic acids is 2. The largest absolute Gasteiger partial charge is 0.348 e. The second kappa shape index (κ2) is 8.34.